The molecule has 83 heavy (non-hydrogen) atoms. The van der Waals surface area contributed by atoms with Crippen molar-refractivity contribution in [3.8, 4) is 0 Å². The van der Waals surface area contributed by atoms with Crippen LogP contribution in [0.3, 0.4) is 0 Å². The lowest BCUT2D eigenvalue weighted by atomic mass is 9.87. The number of benzene rings is 1. The predicted molar refractivity (Wildman–Crippen MR) is 270 cm³/mol. The van der Waals surface area contributed by atoms with Crippen LogP contribution in [-0.4, -0.2) is 216 Å². The number of ether oxygens (including phenoxy) is 16. The van der Waals surface area contributed by atoms with Gasteiger partial charge in [-0.15, -0.1) is 0 Å². The quantitative estimate of drug-likeness (QED) is 0.0229. The average molecular weight is 1190 g/mol. The summed E-state index contributed by atoms with van der Waals surface area (Å²) in [6.45, 7) is 6.54. The summed E-state index contributed by atoms with van der Waals surface area (Å²) in [6, 6.07) is 5.82. The first kappa shape index (κ1) is 68.4. The summed E-state index contributed by atoms with van der Waals surface area (Å²) in [5.74, 6) is -12.7. The number of carbonyl (C=O) groups is 10. The molecule has 0 unspecified atom stereocenters. The number of carbonyl (C=O) groups excluding carboxylic acids is 10. The van der Waals surface area contributed by atoms with E-state index in [4.69, 9.17) is 81.3 Å². The Bertz CT molecular complexity index is 2450. The maximum atomic E-state index is 14.3. The van der Waals surface area contributed by atoms with Gasteiger partial charge in [-0.25, -0.2) is 4.79 Å². The van der Waals surface area contributed by atoms with Crippen molar-refractivity contribution in [3.63, 3.8) is 0 Å². The number of esters is 8. The summed E-state index contributed by atoms with van der Waals surface area (Å²) in [5, 5.41) is 20.7. The zero-order valence-corrected chi connectivity index (χ0v) is 47.3. The normalized spacial score (nSPS) is 28.2. The Kier molecular flexibility index (Phi) is 27.4. The number of rotatable bonds is 29. The third kappa shape index (κ3) is 21.2. The molecular formula is C51H71N5O27. The van der Waals surface area contributed by atoms with E-state index in [1.165, 1.54) is 0 Å². The molecule has 462 valence electrons. The van der Waals surface area contributed by atoms with Crippen LogP contribution in [0.5, 0.6) is 0 Å². The highest BCUT2D eigenvalue weighted by Gasteiger charge is 2.61. The zero-order valence-electron chi connectivity index (χ0n) is 47.3. The third-order valence-electron chi connectivity index (χ3n) is 12.1. The van der Waals surface area contributed by atoms with Crippen molar-refractivity contribution < 1.29 is 129 Å². The molecule has 0 radical (unpaired) electrons. The van der Waals surface area contributed by atoms with Crippen LogP contribution in [0, 0.1) is 0 Å². The summed E-state index contributed by atoms with van der Waals surface area (Å²) < 4.78 is 93.7. The van der Waals surface area contributed by atoms with Gasteiger partial charge in [-0.1, -0.05) is 35.4 Å². The third-order valence-corrected chi connectivity index (χ3v) is 12.1. The predicted octanol–water partition coefficient (Wildman–Crippen LogP) is -0.420. The summed E-state index contributed by atoms with van der Waals surface area (Å²) in [6.07, 6.45) is -24.3. The van der Waals surface area contributed by atoms with Crippen LogP contribution in [0.4, 0.5) is 0 Å². The van der Waals surface area contributed by atoms with E-state index < -0.39 is 183 Å². The van der Waals surface area contributed by atoms with E-state index in [-0.39, 0.29) is 33.0 Å². The summed E-state index contributed by atoms with van der Waals surface area (Å²) >= 11 is 0. The van der Waals surface area contributed by atoms with Gasteiger partial charge in [-0.05, 0) is 11.1 Å². The molecule has 2 amide bonds. The van der Waals surface area contributed by atoms with E-state index in [1.807, 2.05) is 0 Å². The molecule has 4 rings (SSSR count). The summed E-state index contributed by atoms with van der Waals surface area (Å²) in [5.41, 5.74) is 9.34. The lowest BCUT2D eigenvalue weighted by Gasteiger charge is -2.50. The van der Waals surface area contributed by atoms with E-state index in [1.54, 1.807) is 30.3 Å². The fourth-order valence-electron chi connectivity index (χ4n) is 9.11. The van der Waals surface area contributed by atoms with Crippen LogP contribution in [0.2, 0.25) is 0 Å². The molecule has 3 saturated heterocycles. The number of aliphatic hydroxyl groups excluding tert-OH is 1. The lowest BCUT2D eigenvalue weighted by Crippen LogP contribution is -2.70. The molecule has 0 spiro atoms. The molecular weight excluding hydrogens is 1110 g/mol. The number of aliphatic hydroxyl groups is 1. The molecule has 0 aromatic heterocycles. The molecule has 1 aromatic rings. The number of hydrogen-bond acceptors (Lipinski definition) is 28. The van der Waals surface area contributed by atoms with Gasteiger partial charge in [0.25, 0.3) is 5.79 Å². The number of nitrogens with zero attached hydrogens (tertiary/aromatic N) is 3. The molecule has 32 heteroatoms. The Hall–Kier alpha value is -7.13. The van der Waals surface area contributed by atoms with Gasteiger partial charge in [0.1, 0.15) is 49.3 Å². The van der Waals surface area contributed by atoms with Crippen molar-refractivity contribution in [3.05, 3.63) is 46.3 Å². The van der Waals surface area contributed by atoms with E-state index in [9.17, 15) is 53.1 Å². The topological polar surface area (TPSA) is 411 Å². The molecule has 0 bridgehead atoms. The second kappa shape index (κ2) is 33.2. The Labute approximate surface area is 475 Å². The number of methoxy groups -OCH3 is 1. The van der Waals surface area contributed by atoms with Crippen molar-refractivity contribution in [1.29, 1.82) is 0 Å². The largest absolute Gasteiger partial charge is 0.465 e. The Morgan fingerprint density at radius 3 is 1.87 bits per heavy atom. The summed E-state index contributed by atoms with van der Waals surface area (Å²) in [7, 11) is 0.895. The van der Waals surface area contributed by atoms with Crippen molar-refractivity contribution in [2.45, 2.75) is 173 Å². The van der Waals surface area contributed by atoms with Crippen LogP contribution < -0.4 is 10.6 Å². The van der Waals surface area contributed by atoms with Crippen LogP contribution in [0.15, 0.2) is 35.4 Å². The van der Waals surface area contributed by atoms with E-state index in [0.29, 0.717) is 5.56 Å². The smallest absolute Gasteiger partial charge is 0.366 e. The van der Waals surface area contributed by atoms with Gasteiger partial charge in [-0.3, -0.25) is 43.2 Å². The minimum absolute atomic E-state index is 0.00814. The van der Waals surface area contributed by atoms with Crippen LogP contribution in [-0.2, 0) is 130 Å². The zero-order chi connectivity index (χ0) is 61.6. The SMILES string of the molecule is COC(=O)[C@@]1(OC[C@H]2O[C@@H](O[C@H]3[C@H](OC(C)=O)[C@@H](NC(C)=O)[C@H](OCCOCCN=[N+]=[N-])O[C@@H]3COCc3ccccc3)[C@H](OC(C)=O)[C@@H](OC(C)=O)[C@H]2O)C[C@H](OC(C)=O)[C@@H](NC(C)=O)[C@H]([C@H](OC(C)=O)[C@@H](COC(C)=O)OC(C)=O)O1. The lowest BCUT2D eigenvalue weighted by molar-refractivity contribution is -0.361. The second-order valence-corrected chi connectivity index (χ2v) is 18.8. The van der Waals surface area contributed by atoms with E-state index in [2.05, 4.69) is 20.7 Å². The first-order valence-corrected chi connectivity index (χ1v) is 25.9. The van der Waals surface area contributed by atoms with Gasteiger partial charge < -0.3 is 91.5 Å². The van der Waals surface area contributed by atoms with Crippen molar-refractivity contribution in [1.82, 2.24) is 10.6 Å². The Morgan fingerprint density at radius 2 is 1.29 bits per heavy atom. The van der Waals surface area contributed by atoms with E-state index >= 15 is 0 Å². The summed E-state index contributed by atoms with van der Waals surface area (Å²) in [4.78, 5) is 132. The Balaban J connectivity index is 1.89. The van der Waals surface area contributed by atoms with Gasteiger partial charge in [0.2, 0.25) is 11.8 Å². The molecule has 3 N–H and O–H groups in total. The molecule has 0 saturated carbocycles. The van der Waals surface area contributed by atoms with E-state index in [0.717, 1.165) is 69.4 Å². The van der Waals surface area contributed by atoms with Gasteiger partial charge in [-0.2, -0.15) is 0 Å². The number of hydrogen-bond donors (Lipinski definition) is 3. The van der Waals surface area contributed by atoms with Crippen molar-refractivity contribution in [2.24, 2.45) is 5.11 Å². The molecule has 1 aromatic carbocycles. The first-order valence-electron chi connectivity index (χ1n) is 25.9. The molecule has 32 nitrogen and oxygen atoms in total. The molecule has 0 aliphatic carbocycles. The van der Waals surface area contributed by atoms with Crippen LogP contribution in [0.25, 0.3) is 10.4 Å². The molecule has 16 atom stereocenters. The number of nitrogens with one attached hydrogen (secondary N) is 2. The van der Waals surface area contributed by atoms with Crippen LogP contribution in [0.1, 0.15) is 74.3 Å². The highest BCUT2D eigenvalue weighted by molar-refractivity contribution is 5.79. The molecule has 3 aliphatic rings. The first-order chi connectivity index (χ1) is 39.3. The highest BCUT2D eigenvalue weighted by atomic mass is 16.8. The second-order valence-electron chi connectivity index (χ2n) is 18.8. The average Bonchev–Trinajstić information content (AvgIpc) is 3.43. The number of azide groups is 1. The maximum absolute atomic E-state index is 14.3. The molecule has 3 heterocycles. The fourth-order valence-corrected chi connectivity index (χ4v) is 9.11. The number of amides is 2. The minimum Gasteiger partial charge on any atom is -0.465 e. The van der Waals surface area contributed by atoms with Crippen molar-refractivity contribution >= 4 is 59.6 Å². The molecule has 3 aliphatic heterocycles. The van der Waals surface area contributed by atoms with Gasteiger partial charge in [0, 0.05) is 73.8 Å². The maximum Gasteiger partial charge on any atom is 0.366 e. The fraction of sp³-hybridized carbons (Fsp3) is 0.686. The highest BCUT2D eigenvalue weighted by Crippen LogP contribution is 2.39. The van der Waals surface area contributed by atoms with Crippen molar-refractivity contribution in [2.75, 3.05) is 53.3 Å². The monoisotopic (exact) mass is 1190 g/mol. The van der Waals surface area contributed by atoms with Gasteiger partial charge in [0.15, 0.2) is 43.1 Å². The Morgan fingerprint density at radius 1 is 0.687 bits per heavy atom. The standard InChI is InChI=1S/C51H71N5O27/c1-25(57)54-39-35(74-28(4)60)20-51(50(67)68-10,83-45(39)43(76-30(6)62)38(75-29(5)61)23-72-27(3)59)73-24-36-41(66)46(78-32(8)64)47(79-33(9)65)49(80-36)82-42-37(22-70-21-34-14-12-11-13-15-34)81-48(71-19-18-69-17-16-53-56-52)40(55-26(2)58)44(42)77-31(7)63/h11-15,35-49,66H,16-24H2,1-10H3,(H,54,57)(H,55,58)/t35-,36+,37+,38+,39+,40+,41-,42+,43+,44+,45+,46-,47+,48+,49-,51+/m0/s1. The van der Waals surface area contributed by atoms with Gasteiger partial charge >= 0.3 is 47.8 Å². The minimum atomic E-state index is -2.88. The molecule has 3 fully saturated rings. The van der Waals surface area contributed by atoms with Gasteiger partial charge in [0.05, 0.1) is 59.2 Å². The van der Waals surface area contributed by atoms with Crippen LogP contribution >= 0.6 is 0 Å².